The number of H-pyrrole nitrogens is 1. The number of benzene rings is 1. The third kappa shape index (κ3) is 2.90. The maximum atomic E-state index is 10.9. The summed E-state index contributed by atoms with van der Waals surface area (Å²) in [5.41, 5.74) is 0.493. The first-order valence-electron chi connectivity index (χ1n) is 6.16. The molecule has 106 valence electrons. The highest BCUT2D eigenvalue weighted by Gasteiger charge is 2.13. The Bertz CT molecular complexity index is 754. The minimum absolute atomic E-state index is 0.0375. The van der Waals surface area contributed by atoms with Gasteiger partial charge >= 0.3 is 0 Å². The fourth-order valence-electron chi connectivity index (χ4n) is 1.85. The van der Waals surface area contributed by atoms with E-state index in [9.17, 15) is 10.1 Å². The first kappa shape index (κ1) is 13.3. The van der Waals surface area contributed by atoms with Crippen molar-refractivity contribution >= 4 is 22.7 Å². The normalized spacial score (nSPS) is 10.5. The predicted octanol–water partition coefficient (Wildman–Crippen LogP) is 3.05. The lowest BCUT2D eigenvalue weighted by atomic mass is 10.2. The van der Waals surface area contributed by atoms with Crippen LogP contribution in [0.2, 0.25) is 0 Å². The Hall–Kier alpha value is -2.74. The zero-order valence-corrected chi connectivity index (χ0v) is 11.6. The van der Waals surface area contributed by atoms with Gasteiger partial charge in [0.05, 0.1) is 16.3 Å². The van der Waals surface area contributed by atoms with Crippen LogP contribution in [0.1, 0.15) is 5.82 Å². The molecule has 0 saturated carbocycles. The van der Waals surface area contributed by atoms with E-state index < -0.39 is 4.92 Å². The average molecular weight is 301 g/mol. The van der Waals surface area contributed by atoms with E-state index in [2.05, 4.69) is 20.5 Å². The molecule has 21 heavy (non-hydrogen) atoms. The fourth-order valence-corrected chi connectivity index (χ4v) is 2.51. The highest BCUT2D eigenvalue weighted by atomic mass is 32.1. The molecule has 0 amide bonds. The summed E-state index contributed by atoms with van der Waals surface area (Å²) in [7, 11) is 0. The molecule has 3 aromatic rings. The zero-order valence-electron chi connectivity index (χ0n) is 10.8. The number of anilines is 1. The molecule has 0 aliphatic heterocycles. The van der Waals surface area contributed by atoms with E-state index in [0.29, 0.717) is 23.9 Å². The Morgan fingerprint density at radius 3 is 2.90 bits per heavy atom. The first-order valence-corrected chi connectivity index (χ1v) is 7.04. The molecule has 0 unspecified atom stereocenters. The Morgan fingerprint density at radius 1 is 1.29 bits per heavy atom. The summed E-state index contributed by atoms with van der Waals surface area (Å²) in [6.45, 7) is 0.337. The van der Waals surface area contributed by atoms with Gasteiger partial charge in [-0.2, -0.15) is 5.10 Å². The third-order valence-corrected chi connectivity index (χ3v) is 3.69. The molecule has 0 aliphatic rings. The van der Waals surface area contributed by atoms with Crippen molar-refractivity contribution in [1.82, 2.24) is 15.2 Å². The molecule has 0 bridgehead atoms. The standard InChI is InChI=1S/C13H11N5O2S/c19-18(20)10-5-2-1-4-9(10)14-8-12-15-13(17-16-12)11-6-3-7-21-11/h1-7,14H,8H2,(H,15,16,17). The summed E-state index contributed by atoms with van der Waals surface area (Å²) >= 11 is 1.56. The number of nitrogens with zero attached hydrogens (tertiary/aromatic N) is 3. The maximum Gasteiger partial charge on any atom is 0.292 e. The summed E-state index contributed by atoms with van der Waals surface area (Å²) in [5, 5.41) is 22.8. The van der Waals surface area contributed by atoms with Crippen molar-refractivity contribution in [3.63, 3.8) is 0 Å². The Kier molecular flexibility index (Phi) is 3.61. The van der Waals surface area contributed by atoms with Gasteiger partial charge in [-0.3, -0.25) is 15.2 Å². The molecule has 0 atom stereocenters. The van der Waals surface area contributed by atoms with E-state index in [1.807, 2.05) is 17.5 Å². The minimum Gasteiger partial charge on any atom is -0.372 e. The molecule has 1 aromatic carbocycles. The predicted molar refractivity (Wildman–Crippen MR) is 80.1 cm³/mol. The van der Waals surface area contributed by atoms with E-state index in [1.165, 1.54) is 6.07 Å². The van der Waals surface area contributed by atoms with Crippen LogP contribution in [0.3, 0.4) is 0 Å². The molecule has 7 nitrogen and oxygen atoms in total. The Labute approximate surface area is 123 Å². The largest absolute Gasteiger partial charge is 0.372 e. The average Bonchev–Trinajstić information content (AvgIpc) is 3.16. The molecule has 2 heterocycles. The molecule has 3 rings (SSSR count). The van der Waals surface area contributed by atoms with E-state index >= 15 is 0 Å². The molecule has 8 heteroatoms. The summed E-state index contributed by atoms with van der Waals surface area (Å²) in [5.74, 6) is 1.25. The second-order valence-corrected chi connectivity index (χ2v) is 5.16. The topological polar surface area (TPSA) is 96.7 Å². The number of nitrogens with one attached hydrogen (secondary N) is 2. The van der Waals surface area contributed by atoms with Crippen LogP contribution in [0, 0.1) is 10.1 Å². The minimum atomic E-state index is -0.417. The molecule has 2 N–H and O–H groups in total. The number of nitro benzene ring substituents is 1. The van der Waals surface area contributed by atoms with Crippen molar-refractivity contribution < 1.29 is 4.92 Å². The van der Waals surface area contributed by atoms with Crippen LogP contribution in [0.4, 0.5) is 11.4 Å². The molecule has 0 radical (unpaired) electrons. The molecule has 0 fully saturated rings. The summed E-state index contributed by atoms with van der Waals surface area (Å²) in [4.78, 5) is 15.8. The van der Waals surface area contributed by atoms with Crippen LogP contribution in [0.25, 0.3) is 10.7 Å². The first-order chi connectivity index (χ1) is 10.2. The highest BCUT2D eigenvalue weighted by molar-refractivity contribution is 7.13. The van der Waals surface area contributed by atoms with Crippen LogP contribution in [-0.2, 0) is 6.54 Å². The number of aromatic amines is 1. The van der Waals surface area contributed by atoms with Gasteiger partial charge in [-0.25, -0.2) is 4.98 Å². The number of rotatable bonds is 5. The van der Waals surface area contributed by atoms with E-state index in [1.54, 1.807) is 29.5 Å². The number of hydrogen-bond acceptors (Lipinski definition) is 6. The lowest BCUT2D eigenvalue weighted by molar-refractivity contribution is -0.384. The van der Waals surface area contributed by atoms with E-state index in [0.717, 1.165) is 4.88 Å². The van der Waals surface area contributed by atoms with Crippen molar-refractivity contribution in [2.24, 2.45) is 0 Å². The van der Waals surface area contributed by atoms with Crippen LogP contribution >= 0.6 is 11.3 Å². The molecule has 0 saturated heterocycles. The number of thiophene rings is 1. The smallest absolute Gasteiger partial charge is 0.292 e. The van der Waals surface area contributed by atoms with Gasteiger partial charge in [0.1, 0.15) is 11.5 Å². The lowest BCUT2D eigenvalue weighted by Gasteiger charge is -2.04. The van der Waals surface area contributed by atoms with Gasteiger partial charge in [0.15, 0.2) is 5.82 Å². The maximum absolute atomic E-state index is 10.9. The van der Waals surface area contributed by atoms with Gasteiger partial charge in [0, 0.05) is 6.07 Å². The van der Waals surface area contributed by atoms with Gasteiger partial charge in [-0.05, 0) is 17.5 Å². The highest BCUT2D eigenvalue weighted by Crippen LogP contribution is 2.24. The summed E-state index contributed by atoms with van der Waals surface area (Å²) in [6.07, 6.45) is 0. The molecular formula is C13H11N5O2S. The Morgan fingerprint density at radius 2 is 2.14 bits per heavy atom. The van der Waals surface area contributed by atoms with Crippen molar-refractivity contribution in [3.8, 4) is 10.7 Å². The number of hydrogen-bond donors (Lipinski definition) is 2. The zero-order chi connectivity index (χ0) is 14.7. The van der Waals surface area contributed by atoms with Gasteiger partial charge in [0.2, 0.25) is 0 Å². The van der Waals surface area contributed by atoms with Gasteiger partial charge in [-0.1, -0.05) is 18.2 Å². The van der Waals surface area contributed by atoms with E-state index in [4.69, 9.17) is 0 Å². The second kappa shape index (κ2) is 5.71. The van der Waals surface area contributed by atoms with Crippen LogP contribution in [0.15, 0.2) is 41.8 Å². The SMILES string of the molecule is O=[N+]([O-])c1ccccc1NCc1nc(-c2cccs2)n[nH]1. The number of aromatic nitrogens is 3. The Balaban J connectivity index is 1.73. The third-order valence-electron chi connectivity index (χ3n) is 2.82. The molecule has 0 spiro atoms. The van der Waals surface area contributed by atoms with Crippen LogP contribution in [0.5, 0.6) is 0 Å². The van der Waals surface area contributed by atoms with Crippen LogP contribution in [-0.4, -0.2) is 20.1 Å². The number of para-hydroxylation sites is 2. The fraction of sp³-hybridized carbons (Fsp3) is 0.0769. The summed E-state index contributed by atoms with van der Waals surface area (Å²) in [6, 6.07) is 10.4. The second-order valence-electron chi connectivity index (χ2n) is 4.21. The van der Waals surface area contributed by atoms with Gasteiger partial charge in [0.25, 0.3) is 5.69 Å². The molecule has 0 aliphatic carbocycles. The van der Waals surface area contributed by atoms with E-state index in [-0.39, 0.29) is 5.69 Å². The van der Waals surface area contributed by atoms with Gasteiger partial charge in [-0.15, -0.1) is 11.3 Å². The number of nitro groups is 1. The monoisotopic (exact) mass is 301 g/mol. The lowest BCUT2D eigenvalue weighted by Crippen LogP contribution is -2.03. The van der Waals surface area contributed by atoms with Crippen molar-refractivity contribution in [3.05, 3.63) is 57.7 Å². The molecular weight excluding hydrogens is 290 g/mol. The summed E-state index contributed by atoms with van der Waals surface area (Å²) < 4.78 is 0. The molecule has 2 aromatic heterocycles. The van der Waals surface area contributed by atoms with Crippen molar-refractivity contribution in [2.75, 3.05) is 5.32 Å². The van der Waals surface area contributed by atoms with Gasteiger partial charge < -0.3 is 5.32 Å². The van der Waals surface area contributed by atoms with Crippen molar-refractivity contribution in [2.45, 2.75) is 6.54 Å². The quantitative estimate of drug-likeness (QED) is 0.557. The van der Waals surface area contributed by atoms with Crippen LogP contribution < -0.4 is 5.32 Å². The van der Waals surface area contributed by atoms with Crippen molar-refractivity contribution in [1.29, 1.82) is 0 Å².